The van der Waals surface area contributed by atoms with E-state index in [1.54, 1.807) is 6.07 Å². The summed E-state index contributed by atoms with van der Waals surface area (Å²) >= 11 is 0. The topological polar surface area (TPSA) is 61.2 Å². The van der Waals surface area contributed by atoms with Crippen LogP contribution in [0.5, 0.6) is 0 Å². The zero-order valence-corrected chi connectivity index (χ0v) is 9.42. The van der Waals surface area contributed by atoms with Gasteiger partial charge in [0.05, 0.1) is 6.07 Å². The summed E-state index contributed by atoms with van der Waals surface area (Å²) in [5.41, 5.74) is 0. The lowest BCUT2D eigenvalue weighted by Gasteiger charge is -2.35. The summed E-state index contributed by atoms with van der Waals surface area (Å²) in [4.78, 5) is 0. The Morgan fingerprint density at radius 3 is 2.64 bits per heavy atom. The average molecular weight is 216 g/mol. The van der Waals surface area contributed by atoms with E-state index in [0.717, 1.165) is 12.8 Å². The lowest BCUT2D eigenvalue weighted by atomic mass is 9.97. The highest BCUT2D eigenvalue weighted by atomic mass is 32.2. The van der Waals surface area contributed by atoms with Crippen LogP contribution in [0.3, 0.4) is 0 Å². The third-order valence-corrected chi connectivity index (χ3v) is 4.38. The first kappa shape index (κ1) is 11.5. The van der Waals surface area contributed by atoms with Gasteiger partial charge in [0, 0.05) is 12.6 Å². The molecule has 1 aliphatic rings. The molecular formula is C9H16N2O2S. The van der Waals surface area contributed by atoms with Crippen LogP contribution in [0, 0.1) is 17.2 Å². The van der Waals surface area contributed by atoms with Crippen LogP contribution in [0.1, 0.15) is 26.7 Å². The molecule has 5 heteroatoms. The van der Waals surface area contributed by atoms with Crippen molar-refractivity contribution in [3.63, 3.8) is 0 Å². The standard InChI is InChI=1S/C9H16N2O2S/c1-8-3-4-9(2)11(7-8)14(12,13)6-5-10/h8-9H,3-4,6-7H2,1-2H3. The Kier molecular flexibility index (Phi) is 3.51. The molecule has 2 unspecified atom stereocenters. The Morgan fingerprint density at radius 2 is 2.07 bits per heavy atom. The van der Waals surface area contributed by atoms with Crippen LogP contribution >= 0.6 is 0 Å². The van der Waals surface area contributed by atoms with Gasteiger partial charge in [-0.2, -0.15) is 9.57 Å². The van der Waals surface area contributed by atoms with Crippen LogP contribution in [-0.4, -0.2) is 31.1 Å². The molecule has 4 nitrogen and oxygen atoms in total. The van der Waals surface area contributed by atoms with E-state index >= 15 is 0 Å². The van der Waals surface area contributed by atoms with Gasteiger partial charge in [0.2, 0.25) is 10.0 Å². The van der Waals surface area contributed by atoms with E-state index in [0.29, 0.717) is 12.5 Å². The summed E-state index contributed by atoms with van der Waals surface area (Å²) in [7, 11) is -3.34. The molecule has 0 aromatic carbocycles. The molecule has 0 radical (unpaired) electrons. The monoisotopic (exact) mass is 216 g/mol. The maximum atomic E-state index is 11.6. The zero-order valence-electron chi connectivity index (χ0n) is 8.60. The number of sulfonamides is 1. The summed E-state index contributed by atoms with van der Waals surface area (Å²) in [5, 5.41) is 8.43. The molecule has 0 spiro atoms. The third kappa shape index (κ3) is 2.46. The predicted octanol–water partition coefficient (Wildman–Crippen LogP) is 0.960. The lowest BCUT2D eigenvalue weighted by Crippen LogP contribution is -2.45. The van der Waals surface area contributed by atoms with Crippen LogP contribution in [0.4, 0.5) is 0 Å². The first-order valence-electron chi connectivity index (χ1n) is 4.84. The van der Waals surface area contributed by atoms with Gasteiger partial charge >= 0.3 is 0 Å². The maximum Gasteiger partial charge on any atom is 0.227 e. The highest BCUT2D eigenvalue weighted by Gasteiger charge is 2.31. The smallest absolute Gasteiger partial charge is 0.211 e. The van der Waals surface area contributed by atoms with Crippen molar-refractivity contribution in [1.82, 2.24) is 4.31 Å². The van der Waals surface area contributed by atoms with Gasteiger partial charge in [-0.15, -0.1) is 0 Å². The Bertz CT molecular complexity index is 331. The molecule has 0 bridgehead atoms. The largest absolute Gasteiger partial charge is 0.227 e. The van der Waals surface area contributed by atoms with Gasteiger partial charge in [0.1, 0.15) is 0 Å². The predicted molar refractivity (Wildman–Crippen MR) is 54.0 cm³/mol. The number of hydrogen-bond acceptors (Lipinski definition) is 3. The summed E-state index contributed by atoms with van der Waals surface area (Å²) in [5.74, 6) is 0.00372. The summed E-state index contributed by atoms with van der Waals surface area (Å²) < 4.78 is 24.8. The van der Waals surface area contributed by atoms with Gasteiger partial charge in [0.25, 0.3) is 0 Å². The van der Waals surface area contributed by atoms with E-state index < -0.39 is 15.8 Å². The van der Waals surface area contributed by atoms with Crippen molar-refractivity contribution in [2.75, 3.05) is 12.3 Å². The third-order valence-electron chi connectivity index (χ3n) is 2.66. The number of nitriles is 1. The Hall–Kier alpha value is -0.600. The molecule has 1 fully saturated rings. The highest BCUT2D eigenvalue weighted by molar-refractivity contribution is 7.89. The average Bonchev–Trinajstić information content (AvgIpc) is 2.09. The SMILES string of the molecule is CC1CCC(C)N(S(=O)(=O)CC#N)C1. The Morgan fingerprint density at radius 1 is 1.43 bits per heavy atom. The number of hydrogen-bond donors (Lipinski definition) is 0. The summed E-state index contributed by atoms with van der Waals surface area (Å²) in [6.45, 7) is 4.51. The molecule has 1 saturated heterocycles. The van der Waals surface area contributed by atoms with Crippen molar-refractivity contribution in [1.29, 1.82) is 5.26 Å². The minimum Gasteiger partial charge on any atom is -0.211 e. The van der Waals surface area contributed by atoms with Crippen molar-refractivity contribution in [3.8, 4) is 6.07 Å². The molecule has 1 heterocycles. The Balaban J connectivity index is 2.80. The normalized spacial score (nSPS) is 29.8. The van der Waals surface area contributed by atoms with Gasteiger partial charge in [-0.3, -0.25) is 0 Å². The zero-order chi connectivity index (χ0) is 10.8. The van der Waals surface area contributed by atoms with Gasteiger partial charge in [-0.25, -0.2) is 8.42 Å². The van der Waals surface area contributed by atoms with Crippen LogP contribution in [-0.2, 0) is 10.0 Å². The van der Waals surface area contributed by atoms with E-state index in [1.165, 1.54) is 4.31 Å². The maximum absolute atomic E-state index is 11.6. The molecule has 0 aromatic rings. The van der Waals surface area contributed by atoms with E-state index in [9.17, 15) is 8.42 Å². The quantitative estimate of drug-likeness (QED) is 0.690. The molecule has 0 N–H and O–H groups in total. The first-order valence-corrected chi connectivity index (χ1v) is 6.44. The number of piperidine rings is 1. The van der Waals surface area contributed by atoms with Crippen molar-refractivity contribution in [3.05, 3.63) is 0 Å². The molecule has 1 aliphatic heterocycles. The highest BCUT2D eigenvalue weighted by Crippen LogP contribution is 2.23. The van der Waals surface area contributed by atoms with Gasteiger partial charge in [-0.1, -0.05) is 6.92 Å². The van der Waals surface area contributed by atoms with Crippen LogP contribution in [0.25, 0.3) is 0 Å². The first-order chi connectivity index (χ1) is 6.47. The van der Waals surface area contributed by atoms with Gasteiger partial charge in [-0.05, 0) is 25.7 Å². The lowest BCUT2D eigenvalue weighted by molar-refractivity contribution is 0.218. The molecule has 1 rings (SSSR count). The molecule has 0 aromatic heterocycles. The number of nitrogens with zero attached hydrogens (tertiary/aromatic N) is 2. The summed E-state index contributed by atoms with van der Waals surface area (Å²) in [6.07, 6.45) is 1.96. The fraction of sp³-hybridized carbons (Fsp3) is 0.889. The van der Waals surface area contributed by atoms with Crippen LogP contribution < -0.4 is 0 Å². The molecule has 0 amide bonds. The van der Waals surface area contributed by atoms with E-state index in [-0.39, 0.29) is 6.04 Å². The minimum absolute atomic E-state index is 0.0459. The Labute approximate surface area is 85.6 Å². The van der Waals surface area contributed by atoms with Crippen molar-refractivity contribution in [2.45, 2.75) is 32.7 Å². The second-order valence-corrected chi connectivity index (χ2v) is 5.94. The van der Waals surface area contributed by atoms with Gasteiger partial charge in [0.15, 0.2) is 5.75 Å². The fourth-order valence-electron chi connectivity index (χ4n) is 1.80. The van der Waals surface area contributed by atoms with Crippen LogP contribution in [0.2, 0.25) is 0 Å². The number of rotatable bonds is 2. The van der Waals surface area contributed by atoms with Crippen molar-refractivity contribution in [2.24, 2.45) is 5.92 Å². The van der Waals surface area contributed by atoms with E-state index in [2.05, 4.69) is 0 Å². The fourth-order valence-corrected chi connectivity index (χ4v) is 3.26. The molecular weight excluding hydrogens is 200 g/mol. The van der Waals surface area contributed by atoms with Crippen molar-refractivity contribution >= 4 is 10.0 Å². The molecule has 0 aliphatic carbocycles. The van der Waals surface area contributed by atoms with Crippen molar-refractivity contribution < 1.29 is 8.42 Å². The second kappa shape index (κ2) is 4.28. The molecule has 14 heavy (non-hydrogen) atoms. The summed E-state index contributed by atoms with van der Waals surface area (Å²) in [6, 6.07) is 1.76. The molecule has 2 atom stereocenters. The van der Waals surface area contributed by atoms with Gasteiger partial charge < -0.3 is 0 Å². The molecule has 80 valence electrons. The molecule has 0 saturated carbocycles. The van der Waals surface area contributed by atoms with E-state index in [1.807, 2.05) is 13.8 Å². The van der Waals surface area contributed by atoms with E-state index in [4.69, 9.17) is 5.26 Å². The second-order valence-electron chi connectivity index (χ2n) is 4.02. The minimum atomic E-state index is -3.34. The van der Waals surface area contributed by atoms with Crippen LogP contribution in [0.15, 0.2) is 0 Å².